The fourth-order valence-electron chi connectivity index (χ4n) is 3.07. The lowest BCUT2D eigenvalue weighted by Crippen LogP contribution is -2.13. The molecule has 7 heteroatoms. The standard InChI is InChI=1S/C15H17N5.2ClH/c1-2-14-13(15(3-1)20-10-17-18-11-20)5-7-19(14)9-12-4-6-16-8-12;;/h1-3,5,7,10-12,16H,4,6,8-9H2;2*1H. The minimum absolute atomic E-state index is 0. The molecule has 1 aliphatic rings. The average molecular weight is 340 g/mol. The largest absolute Gasteiger partial charge is 0.347 e. The number of nitrogens with one attached hydrogen (secondary N) is 1. The van der Waals surface area contributed by atoms with Crippen LogP contribution in [0.25, 0.3) is 16.6 Å². The van der Waals surface area contributed by atoms with Crippen molar-refractivity contribution in [3.05, 3.63) is 43.1 Å². The Hall–Kier alpha value is -1.56. The monoisotopic (exact) mass is 339 g/mol. The summed E-state index contributed by atoms with van der Waals surface area (Å²) in [7, 11) is 0. The number of hydrogen-bond acceptors (Lipinski definition) is 3. The second-order valence-corrected chi connectivity index (χ2v) is 5.41. The van der Waals surface area contributed by atoms with Crippen molar-refractivity contribution in [2.45, 2.75) is 13.0 Å². The molecule has 0 spiro atoms. The van der Waals surface area contributed by atoms with E-state index in [4.69, 9.17) is 0 Å². The van der Waals surface area contributed by atoms with Crippen molar-refractivity contribution in [1.29, 1.82) is 0 Å². The van der Waals surface area contributed by atoms with Gasteiger partial charge in [0.05, 0.1) is 11.2 Å². The predicted octanol–water partition coefficient (Wildman–Crippen LogP) is 2.68. The number of hydrogen-bond donors (Lipinski definition) is 1. The Morgan fingerprint density at radius 3 is 2.68 bits per heavy atom. The second-order valence-electron chi connectivity index (χ2n) is 5.41. The maximum absolute atomic E-state index is 3.89. The van der Waals surface area contributed by atoms with Gasteiger partial charge < -0.3 is 9.88 Å². The van der Waals surface area contributed by atoms with Crippen molar-refractivity contribution >= 4 is 35.7 Å². The summed E-state index contributed by atoms with van der Waals surface area (Å²) >= 11 is 0. The van der Waals surface area contributed by atoms with E-state index < -0.39 is 0 Å². The van der Waals surface area contributed by atoms with Crippen LogP contribution in [0.2, 0.25) is 0 Å². The molecule has 22 heavy (non-hydrogen) atoms. The lowest BCUT2D eigenvalue weighted by atomic mass is 10.1. The van der Waals surface area contributed by atoms with Gasteiger partial charge in [-0.1, -0.05) is 6.07 Å². The van der Waals surface area contributed by atoms with Gasteiger partial charge in [0.2, 0.25) is 0 Å². The van der Waals surface area contributed by atoms with Gasteiger partial charge in [0.25, 0.3) is 0 Å². The first kappa shape index (κ1) is 16.8. The Morgan fingerprint density at radius 2 is 1.95 bits per heavy atom. The number of fused-ring (bicyclic) bond motifs is 1. The zero-order chi connectivity index (χ0) is 13.4. The van der Waals surface area contributed by atoms with Gasteiger partial charge in [0.15, 0.2) is 0 Å². The van der Waals surface area contributed by atoms with E-state index in [-0.39, 0.29) is 24.8 Å². The van der Waals surface area contributed by atoms with Crippen molar-refractivity contribution < 1.29 is 0 Å². The van der Waals surface area contributed by atoms with Gasteiger partial charge in [-0.3, -0.25) is 4.57 Å². The quantitative estimate of drug-likeness (QED) is 0.797. The van der Waals surface area contributed by atoms with Crippen LogP contribution in [-0.4, -0.2) is 32.4 Å². The molecule has 2 aromatic heterocycles. The molecule has 1 unspecified atom stereocenters. The molecule has 1 atom stereocenters. The number of aromatic nitrogens is 4. The zero-order valence-electron chi connectivity index (χ0n) is 12.1. The SMILES string of the molecule is Cl.Cl.c1cc(-n2cnnc2)c2ccn(CC3CCNC3)c2c1. The van der Waals surface area contributed by atoms with E-state index in [0.29, 0.717) is 0 Å². The summed E-state index contributed by atoms with van der Waals surface area (Å²) in [6, 6.07) is 8.58. The summed E-state index contributed by atoms with van der Waals surface area (Å²) in [5, 5.41) is 12.5. The molecule has 3 heterocycles. The van der Waals surface area contributed by atoms with Crippen LogP contribution in [0.4, 0.5) is 0 Å². The summed E-state index contributed by atoms with van der Waals surface area (Å²) < 4.78 is 4.32. The molecular formula is C15H19Cl2N5. The maximum Gasteiger partial charge on any atom is 0.123 e. The third-order valence-corrected chi connectivity index (χ3v) is 4.10. The minimum Gasteiger partial charge on any atom is -0.347 e. The Morgan fingerprint density at radius 1 is 1.14 bits per heavy atom. The first-order valence-corrected chi connectivity index (χ1v) is 7.05. The molecule has 1 fully saturated rings. The van der Waals surface area contributed by atoms with Gasteiger partial charge in [-0.05, 0) is 43.6 Å². The molecule has 1 aliphatic heterocycles. The van der Waals surface area contributed by atoms with Crippen LogP contribution in [0.5, 0.6) is 0 Å². The van der Waals surface area contributed by atoms with Crippen molar-refractivity contribution in [2.75, 3.05) is 13.1 Å². The fraction of sp³-hybridized carbons (Fsp3) is 0.333. The molecule has 0 saturated carbocycles. The number of benzene rings is 1. The van der Waals surface area contributed by atoms with Crippen LogP contribution in [-0.2, 0) is 6.54 Å². The van der Waals surface area contributed by atoms with Crippen LogP contribution < -0.4 is 5.32 Å². The molecule has 4 rings (SSSR count). The number of nitrogens with zero attached hydrogens (tertiary/aromatic N) is 4. The molecule has 0 amide bonds. The number of halogens is 2. The molecule has 1 N–H and O–H groups in total. The molecule has 1 aromatic carbocycles. The van der Waals surface area contributed by atoms with E-state index in [2.05, 4.69) is 50.5 Å². The van der Waals surface area contributed by atoms with E-state index in [1.807, 2.05) is 4.57 Å². The second kappa shape index (κ2) is 7.13. The third kappa shape index (κ3) is 2.97. The zero-order valence-corrected chi connectivity index (χ0v) is 13.7. The maximum atomic E-state index is 3.89. The number of rotatable bonds is 3. The smallest absolute Gasteiger partial charge is 0.123 e. The topological polar surface area (TPSA) is 47.7 Å². The van der Waals surface area contributed by atoms with Crippen LogP contribution >= 0.6 is 24.8 Å². The summed E-state index contributed by atoms with van der Waals surface area (Å²) in [6.45, 7) is 3.36. The highest BCUT2D eigenvalue weighted by atomic mass is 35.5. The van der Waals surface area contributed by atoms with Gasteiger partial charge in [-0.25, -0.2) is 0 Å². The fourth-order valence-corrected chi connectivity index (χ4v) is 3.07. The van der Waals surface area contributed by atoms with Gasteiger partial charge in [-0.15, -0.1) is 35.0 Å². The van der Waals surface area contributed by atoms with Crippen LogP contribution in [0.1, 0.15) is 6.42 Å². The Bertz CT molecular complexity index is 717. The third-order valence-electron chi connectivity index (χ3n) is 4.10. The van der Waals surface area contributed by atoms with E-state index >= 15 is 0 Å². The molecular weight excluding hydrogens is 321 g/mol. The van der Waals surface area contributed by atoms with Gasteiger partial charge in [0.1, 0.15) is 12.7 Å². The van der Waals surface area contributed by atoms with Gasteiger partial charge in [0, 0.05) is 18.1 Å². The molecule has 5 nitrogen and oxygen atoms in total. The van der Waals surface area contributed by atoms with Crippen LogP contribution in [0.15, 0.2) is 43.1 Å². The first-order chi connectivity index (χ1) is 9.92. The summed E-state index contributed by atoms with van der Waals surface area (Å²) in [5.41, 5.74) is 2.42. The van der Waals surface area contributed by atoms with Gasteiger partial charge >= 0.3 is 0 Å². The molecule has 0 radical (unpaired) electrons. The predicted molar refractivity (Wildman–Crippen MR) is 92.3 cm³/mol. The lowest BCUT2D eigenvalue weighted by Gasteiger charge is -2.11. The molecule has 3 aromatic rings. The molecule has 1 saturated heterocycles. The Labute approximate surface area is 141 Å². The molecule has 0 bridgehead atoms. The molecule has 0 aliphatic carbocycles. The van der Waals surface area contributed by atoms with Crippen molar-refractivity contribution in [3.8, 4) is 5.69 Å². The first-order valence-electron chi connectivity index (χ1n) is 7.05. The van der Waals surface area contributed by atoms with Crippen LogP contribution in [0, 0.1) is 5.92 Å². The lowest BCUT2D eigenvalue weighted by molar-refractivity contribution is 0.491. The van der Waals surface area contributed by atoms with E-state index in [1.54, 1.807) is 12.7 Å². The Balaban J connectivity index is 0.000000882. The van der Waals surface area contributed by atoms with E-state index in [1.165, 1.54) is 17.3 Å². The minimum atomic E-state index is 0. The normalized spacial score (nSPS) is 17.2. The van der Waals surface area contributed by atoms with Gasteiger partial charge in [-0.2, -0.15) is 0 Å². The summed E-state index contributed by atoms with van der Waals surface area (Å²) in [4.78, 5) is 0. The van der Waals surface area contributed by atoms with Crippen LogP contribution in [0.3, 0.4) is 0 Å². The van der Waals surface area contributed by atoms with E-state index in [0.717, 1.165) is 31.2 Å². The summed E-state index contributed by atoms with van der Waals surface area (Å²) in [6.07, 6.45) is 6.95. The van der Waals surface area contributed by atoms with E-state index in [9.17, 15) is 0 Å². The van der Waals surface area contributed by atoms with Crippen molar-refractivity contribution in [3.63, 3.8) is 0 Å². The average Bonchev–Trinajstić information content (AvgIpc) is 3.20. The highest BCUT2D eigenvalue weighted by Gasteiger charge is 2.16. The van der Waals surface area contributed by atoms with Crippen molar-refractivity contribution in [2.24, 2.45) is 5.92 Å². The highest BCUT2D eigenvalue weighted by Crippen LogP contribution is 2.24. The van der Waals surface area contributed by atoms with Crippen molar-refractivity contribution in [1.82, 2.24) is 24.6 Å². The highest BCUT2D eigenvalue weighted by molar-refractivity contribution is 5.88. The Kier molecular flexibility index (Phi) is 5.45. The molecule has 118 valence electrons. The summed E-state index contributed by atoms with van der Waals surface area (Å²) in [5.74, 6) is 0.740.